The van der Waals surface area contributed by atoms with Crippen LogP contribution in [-0.2, 0) is 4.79 Å². The Balaban J connectivity index is 2.93. The van der Waals surface area contributed by atoms with Gasteiger partial charge in [-0.3, -0.25) is 10.2 Å². The summed E-state index contributed by atoms with van der Waals surface area (Å²) in [5, 5.41) is 9.33. The molecule has 0 fully saturated rings. The number of hydrogen-bond acceptors (Lipinski definition) is 3. The number of rotatable bonds is 4. The number of nitrogens with two attached hydrogens (primary N) is 1. The Labute approximate surface area is 101 Å². The predicted molar refractivity (Wildman–Crippen MR) is 61.1 cm³/mol. The van der Waals surface area contributed by atoms with E-state index in [4.69, 9.17) is 11.1 Å². The summed E-state index contributed by atoms with van der Waals surface area (Å²) in [5.74, 6) is -1.32. The molecule has 0 saturated heterocycles. The average molecular weight is 257 g/mol. The molecule has 0 aliphatic heterocycles. The Kier molecular flexibility index (Phi) is 4.09. The number of hydrogen-bond donors (Lipinski definition) is 3. The fraction of sp³-hybridized carbons (Fsp3) is 0.0909. The number of carbonyl (C=O) groups is 1. The minimum atomic E-state index is -4.92. The molecule has 1 rings (SSSR count). The molecule has 96 valence electrons. The van der Waals surface area contributed by atoms with E-state index in [1.807, 2.05) is 0 Å². The lowest BCUT2D eigenvalue weighted by molar-refractivity contribution is -0.114. The first-order chi connectivity index (χ1) is 8.32. The highest BCUT2D eigenvalue weighted by Crippen LogP contribution is 2.21. The quantitative estimate of drug-likeness (QED) is 0.570. The van der Waals surface area contributed by atoms with Crippen LogP contribution in [0.15, 0.2) is 42.1 Å². The van der Waals surface area contributed by atoms with Gasteiger partial charge in [-0.2, -0.15) is 13.2 Å². The van der Waals surface area contributed by atoms with Gasteiger partial charge in [-0.25, -0.2) is 0 Å². The Morgan fingerprint density at radius 3 is 2.28 bits per heavy atom. The summed E-state index contributed by atoms with van der Waals surface area (Å²) in [7, 11) is 0. The van der Waals surface area contributed by atoms with Crippen LogP contribution >= 0.6 is 0 Å². The predicted octanol–water partition coefficient (Wildman–Crippen LogP) is 2.05. The van der Waals surface area contributed by atoms with Gasteiger partial charge < -0.3 is 11.1 Å². The van der Waals surface area contributed by atoms with Crippen molar-refractivity contribution in [3.8, 4) is 0 Å². The summed E-state index contributed by atoms with van der Waals surface area (Å²) in [6.07, 6.45) is -4.15. The number of carbonyl (C=O) groups excluding carboxylic acids is 1. The molecule has 18 heavy (non-hydrogen) atoms. The molecular weight excluding hydrogens is 247 g/mol. The molecule has 1 aromatic carbocycles. The van der Waals surface area contributed by atoms with Gasteiger partial charge in [0, 0.05) is 11.9 Å². The van der Waals surface area contributed by atoms with Gasteiger partial charge in [0.2, 0.25) is 0 Å². The fourth-order valence-electron chi connectivity index (χ4n) is 1.11. The Bertz CT molecular complexity index is 480. The number of nitrogens with one attached hydrogen (secondary N) is 2. The lowest BCUT2D eigenvalue weighted by Crippen LogP contribution is -2.31. The molecule has 4 nitrogen and oxygen atoms in total. The van der Waals surface area contributed by atoms with E-state index in [1.54, 1.807) is 30.3 Å². The summed E-state index contributed by atoms with van der Waals surface area (Å²) in [5.41, 5.74) is 2.58. The van der Waals surface area contributed by atoms with Gasteiger partial charge in [0.1, 0.15) is 5.71 Å². The molecule has 0 atom stereocenters. The second-order valence-corrected chi connectivity index (χ2v) is 3.31. The summed E-state index contributed by atoms with van der Waals surface area (Å²) >= 11 is 0. The topological polar surface area (TPSA) is 79.0 Å². The molecule has 0 spiro atoms. The first-order valence-corrected chi connectivity index (χ1v) is 4.80. The zero-order valence-electron chi connectivity index (χ0n) is 9.08. The molecule has 1 amide bonds. The molecule has 0 aliphatic rings. The van der Waals surface area contributed by atoms with Gasteiger partial charge in [0.05, 0.1) is 5.57 Å². The Hall–Kier alpha value is -2.31. The van der Waals surface area contributed by atoms with E-state index in [1.165, 1.54) is 0 Å². The number of benzene rings is 1. The van der Waals surface area contributed by atoms with Crippen LogP contribution in [-0.4, -0.2) is 17.8 Å². The molecule has 0 saturated carbocycles. The molecule has 0 unspecified atom stereocenters. The number of primary amides is 1. The van der Waals surface area contributed by atoms with E-state index in [-0.39, 0.29) is 0 Å². The third kappa shape index (κ3) is 3.62. The number of halogens is 3. The maximum atomic E-state index is 12.3. The monoisotopic (exact) mass is 257 g/mol. The molecule has 7 heteroatoms. The van der Waals surface area contributed by atoms with Crippen molar-refractivity contribution >= 4 is 17.3 Å². The van der Waals surface area contributed by atoms with E-state index in [0.29, 0.717) is 5.69 Å². The van der Waals surface area contributed by atoms with Crippen molar-refractivity contribution in [1.82, 2.24) is 0 Å². The molecular formula is C11H10F3N3O. The van der Waals surface area contributed by atoms with Crippen LogP contribution in [0.5, 0.6) is 0 Å². The number of anilines is 1. The lowest BCUT2D eigenvalue weighted by atomic mass is 10.1. The van der Waals surface area contributed by atoms with E-state index in [0.717, 1.165) is 6.20 Å². The molecule has 0 bridgehead atoms. The standard InChI is InChI=1S/C11H10F3N3O/c12-11(13,14)9(15)8(10(16)18)6-17-7-4-2-1-3-5-7/h1-6,15,17H,(H2,16,18)/b8-6+,15-9?. The van der Waals surface area contributed by atoms with Crippen LogP contribution in [0.4, 0.5) is 18.9 Å². The summed E-state index contributed by atoms with van der Waals surface area (Å²) in [4.78, 5) is 10.9. The largest absolute Gasteiger partial charge is 0.433 e. The van der Waals surface area contributed by atoms with Crippen LogP contribution < -0.4 is 11.1 Å². The molecule has 4 N–H and O–H groups in total. The van der Waals surface area contributed by atoms with Crippen molar-refractivity contribution < 1.29 is 18.0 Å². The SMILES string of the molecule is N=C(/C(=C\Nc1ccccc1)C(N)=O)C(F)(F)F. The molecule has 0 heterocycles. The second kappa shape index (κ2) is 5.35. The Morgan fingerprint density at radius 1 is 1.28 bits per heavy atom. The highest BCUT2D eigenvalue weighted by atomic mass is 19.4. The van der Waals surface area contributed by atoms with Crippen LogP contribution in [0.3, 0.4) is 0 Å². The summed E-state index contributed by atoms with van der Waals surface area (Å²) < 4.78 is 36.9. The first-order valence-electron chi connectivity index (χ1n) is 4.80. The molecule has 0 radical (unpaired) electrons. The smallest absolute Gasteiger partial charge is 0.365 e. The van der Waals surface area contributed by atoms with Crippen molar-refractivity contribution in [3.63, 3.8) is 0 Å². The van der Waals surface area contributed by atoms with Gasteiger partial charge in [-0.05, 0) is 12.1 Å². The first kappa shape index (κ1) is 13.8. The normalized spacial score (nSPS) is 12.1. The highest BCUT2D eigenvalue weighted by molar-refractivity contribution is 6.22. The Morgan fingerprint density at radius 2 is 1.83 bits per heavy atom. The number of alkyl halides is 3. The highest BCUT2D eigenvalue weighted by Gasteiger charge is 2.38. The zero-order valence-corrected chi connectivity index (χ0v) is 9.08. The average Bonchev–Trinajstić information content (AvgIpc) is 2.28. The third-order valence-corrected chi connectivity index (χ3v) is 1.98. The van der Waals surface area contributed by atoms with Gasteiger partial charge in [-0.1, -0.05) is 18.2 Å². The van der Waals surface area contributed by atoms with Crippen LogP contribution in [0, 0.1) is 5.41 Å². The third-order valence-electron chi connectivity index (χ3n) is 1.98. The van der Waals surface area contributed by atoms with Crippen LogP contribution in [0.25, 0.3) is 0 Å². The maximum Gasteiger partial charge on any atom is 0.433 e. The van der Waals surface area contributed by atoms with Gasteiger partial charge in [-0.15, -0.1) is 0 Å². The molecule has 0 aliphatic carbocycles. The van der Waals surface area contributed by atoms with Crippen molar-refractivity contribution in [2.24, 2.45) is 5.73 Å². The van der Waals surface area contributed by atoms with Crippen molar-refractivity contribution in [2.75, 3.05) is 5.32 Å². The van der Waals surface area contributed by atoms with Gasteiger partial charge in [0.15, 0.2) is 0 Å². The van der Waals surface area contributed by atoms with Gasteiger partial charge in [0.25, 0.3) is 5.91 Å². The van der Waals surface area contributed by atoms with E-state index < -0.39 is 23.4 Å². The van der Waals surface area contributed by atoms with Crippen molar-refractivity contribution in [1.29, 1.82) is 5.41 Å². The van der Waals surface area contributed by atoms with E-state index >= 15 is 0 Å². The number of para-hydroxylation sites is 1. The van der Waals surface area contributed by atoms with Crippen molar-refractivity contribution in [3.05, 3.63) is 42.1 Å². The lowest BCUT2D eigenvalue weighted by Gasteiger charge is -2.10. The van der Waals surface area contributed by atoms with Crippen LogP contribution in [0.2, 0.25) is 0 Å². The van der Waals surface area contributed by atoms with E-state index in [2.05, 4.69) is 5.32 Å². The minimum absolute atomic E-state index is 0.478. The molecule has 1 aromatic rings. The molecule has 0 aromatic heterocycles. The summed E-state index contributed by atoms with van der Waals surface area (Å²) in [6, 6.07) is 8.23. The van der Waals surface area contributed by atoms with Crippen LogP contribution in [0.1, 0.15) is 0 Å². The summed E-state index contributed by atoms with van der Waals surface area (Å²) in [6.45, 7) is 0. The number of amides is 1. The van der Waals surface area contributed by atoms with E-state index in [9.17, 15) is 18.0 Å². The zero-order chi connectivity index (χ0) is 13.8. The maximum absolute atomic E-state index is 12.3. The second-order valence-electron chi connectivity index (χ2n) is 3.31. The fourth-order valence-corrected chi connectivity index (χ4v) is 1.11. The minimum Gasteiger partial charge on any atom is -0.365 e. The van der Waals surface area contributed by atoms with Crippen molar-refractivity contribution in [2.45, 2.75) is 6.18 Å². The van der Waals surface area contributed by atoms with Gasteiger partial charge >= 0.3 is 6.18 Å².